The summed E-state index contributed by atoms with van der Waals surface area (Å²) in [6.45, 7) is 1.69. The van der Waals surface area contributed by atoms with Crippen molar-refractivity contribution in [3.05, 3.63) is 51.7 Å². The van der Waals surface area contributed by atoms with E-state index in [1.54, 1.807) is 19.1 Å². The Kier molecular flexibility index (Phi) is 3.44. The van der Waals surface area contributed by atoms with E-state index in [1.807, 2.05) is 0 Å². The second kappa shape index (κ2) is 5.02. The van der Waals surface area contributed by atoms with Crippen molar-refractivity contribution in [2.75, 3.05) is 0 Å². The molecule has 1 aromatic carbocycles. The first-order chi connectivity index (χ1) is 8.60. The Hall–Kier alpha value is -2.13. The minimum atomic E-state index is -0.586. The van der Waals surface area contributed by atoms with E-state index in [4.69, 9.17) is 5.26 Å². The summed E-state index contributed by atoms with van der Waals surface area (Å²) in [5.74, 6) is -0.586. The van der Waals surface area contributed by atoms with E-state index in [2.05, 4.69) is 9.97 Å². The van der Waals surface area contributed by atoms with Crippen LogP contribution in [-0.2, 0) is 0 Å². The first-order valence-corrected chi connectivity index (χ1v) is 5.86. The van der Waals surface area contributed by atoms with Gasteiger partial charge >= 0.3 is 0 Å². The number of aryl methyl sites for hydroxylation is 1. The van der Waals surface area contributed by atoms with E-state index in [-0.39, 0.29) is 11.1 Å². The topological polar surface area (TPSA) is 69.5 Å². The van der Waals surface area contributed by atoms with E-state index < -0.39 is 5.82 Å². The number of rotatable bonds is 2. The van der Waals surface area contributed by atoms with Crippen LogP contribution >= 0.6 is 11.8 Å². The zero-order chi connectivity index (χ0) is 13.1. The Morgan fingerprint density at radius 1 is 1.50 bits per heavy atom. The number of hydrogen-bond acceptors (Lipinski definition) is 4. The van der Waals surface area contributed by atoms with Gasteiger partial charge in [-0.1, -0.05) is 17.8 Å². The van der Waals surface area contributed by atoms with Crippen molar-refractivity contribution in [2.24, 2.45) is 0 Å². The summed E-state index contributed by atoms with van der Waals surface area (Å²) in [6.07, 6.45) is 0. The van der Waals surface area contributed by atoms with Gasteiger partial charge in [0.25, 0.3) is 5.56 Å². The highest BCUT2D eigenvalue weighted by molar-refractivity contribution is 7.99. The number of nitrogens with one attached hydrogen (secondary N) is 1. The van der Waals surface area contributed by atoms with Gasteiger partial charge in [0.2, 0.25) is 0 Å². The molecule has 1 N–H and O–H groups in total. The molecule has 0 radical (unpaired) electrons. The van der Waals surface area contributed by atoms with Crippen LogP contribution in [0.2, 0.25) is 0 Å². The average Bonchev–Trinajstić information content (AvgIpc) is 2.27. The van der Waals surface area contributed by atoms with Gasteiger partial charge in [0, 0.05) is 16.7 Å². The van der Waals surface area contributed by atoms with Crippen LogP contribution in [0.4, 0.5) is 4.39 Å². The second-order valence-corrected chi connectivity index (χ2v) is 4.55. The molecule has 0 amide bonds. The van der Waals surface area contributed by atoms with Crippen molar-refractivity contribution in [1.29, 1.82) is 5.26 Å². The summed E-state index contributed by atoms with van der Waals surface area (Å²) in [6, 6.07) is 7.49. The Morgan fingerprint density at radius 2 is 2.28 bits per heavy atom. The van der Waals surface area contributed by atoms with Gasteiger partial charge in [-0.15, -0.1) is 0 Å². The first kappa shape index (κ1) is 12.3. The van der Waals surface area contributed by atoms with Crippen molar-refractivity contribution in [2.45, 2.75) is 17.0 Å². The van der Waals surface area contributed by atoms with Gasteiger partial charge in [-0.2, -0.15) is 5.26 Å². The molecule has 4 nitrogen and oxygen atoms in total. The van der Waals surface area contributed by atoms with E-state index in [1.165, 1.54) is 18.2 Å². The van der Waals surface area contributed by atoms with Crippen LogP contribution in [-0.4, -0.2) is 9.97 Å². The smallest absolute Gasteiger partial charge is 0.251 e. The quantitative estimate of drug-likeness (QED) is 0.842. The zero-order valence-electron chi connectivity index (χ0n) is 9.40. The Balaban J connectivity index is 2.44. The van der Waals surface area contributed by atoms with Gasteiger partial charge in [-0.3, -0.25) is 4.79 Å². The lowest BCUT2D eigenvalue weighted by Crippen LogP contribution is -2.08. The third-order valence-electron chi connectivity index (χ3n) is 2.14. The maximum Gasteiger partial charge on any atom is 0.251 e. The second-order valence-electron chi connectivity index (χ2n) is 3.52. The number of aromatic nitrogens is 2. The van der Waals surface area contributed by atoms with E-state index in [9.17, 15) is 9.18 Å². The third kappa shape index (κ3) is 2.57. The number of nitrogens with zero attached hydrogens (tertiary/aromatic N) is 2. The van der Waals surface area contributed by atoms with Crippen LogP contribution in [0.1, 0.15) is 11.3 Å². The van der Waals surface area contributed by atoms with Gasteiger partial charge in [0.15, 0.2) is 5.16 Å². The van der Waals surface area contributed by atoms with E-state index >= 15 is 0 Å². The number of hydrogen-bond donors (Lipinski definition) is 1. The maximum absolute atomic E-state index is 13.4. The van der Waals surface area contributed by atoms with E-state index in [0.29, 0.717) is 15.7 Å². The summed E-state index contributed by atoms with van der Waals surface area (Å²) in [4.78, 5) is 18.3. The average molecular weight is 261 g/mol. The van der Waals surface area contributed by atoms with Crippen LogP contribution in [0.25, 0.3) is 0 Å². The van der Waals surface area contributed by atoms with Crippen LogP contribution in [0.3, 0.4) is 0 Å². The van der Waals surface area contributed by atoms with Crippen LogP contribution in [0.5, 0.6) is 0 Å². The summed E-state index contributed by atoms with van der Waals surface area (Å²) in [5, 5.41) is 9.23. The molecule has 18 heavy (non-hydrogen) atoms. The van der Waals surface area contributed by atoms with Crippen molar-refractivity contribution in [1.82, 2.24) is 9.97 Å². The monoisotopic (exact) mass is 261 g/mol. The third-order valence-corrected chi connectivity index (χ3v) is 3.09. The molecule has 0 aliphatic heterocycles. The molecule has 0 saturated carbocycles. The Morgan fingerprint density at radius 3 is 2.94 bits per heavy atom. The molecule has 0 bridgehead atoms. The molecule has 2 rings (SSSR count). The van der Waals surface area contributed by atoms with E-state index in [0.717, 1.165) is 11.8 Å². The Labute approximate surface area is 107 Å². The molecule has 0 fully saturated rings. The molecular formula is C12H8FN3OS. The molecule has 0 aliphatic rings. The summed E-state index contributed by atoms with van der Waals surface area (Å²) < 4.78 is 13.4. The van der Waals surface area contributed by atoms with Gasteiger partial charge in [-0.05, 0) is 19.1 Å². The molecular weight excluding hydrogens is 253 g/mol. The first-order valence-electron chi connectivity index (χ1n) is 5.04. The highest BCUT2D eigenvalue weighted by Crippen LogP contribution is 2.28. The molecule has 1 aromatic heterocycles. The molecule has 2 aromatic rings. The lowest BCUT2D eigenvalue weighted by molar-refractivity contribution is 0.620. The molecule has 0 spiro atoms. The van der Waals surface area contributed by atoms with Crippen molar-refractivity contribution in [3.8, 4) is 6.07 Å². The predicted octanol–water partition coefficient (Wildman–Crippen LogP) is 2.24. The highest BCUT2D eigenvalue weighted by Gasteiger charge is 2.10. The standard InChI is InChI=1S/C12H8FN3OS/c1-7-5-11(17)16-12(15-7)18-10-4-2-3-9(13)8(10)6-14/h2-5H,1H3,(H,15,16,17). The molecule has 1 heterocycles. The number of aromatic amines is 1. The van der Waals surface area contributed by atoms with Gasteiger partial charge < -0.3 is 4.98 Å². The minimum Gasteiger partial charge on any atom is -0.301 e. The van der Waals surface area contributed by atoms with Crippen LogP contribution in [0.15, 0.2) is 39.1 Å². The van der Waals surface area contributed by atoms with Crippen LogP contribution in [0, 0.1) is 24.1 Å². The highest BCUT2D eigenvalue weighted by atomic mass is 32.2. The predicted molar refractivity (Wildman–Crippen MR) is 64.8 cm³/mol. The maximum atomic E-state index is 13.4. The lowest BCUT2D eigenvalue weighted by Gasteiger charge is -2.04. The van der Waals surface area contributed by atoms with Crippen molar-refractivity contribution < 1.29 is 4.39 Å². The fourth-order valence-corrected chi connectivity index (χ4v) is 2.34. The van der Waals surface area contributed by atoms with Crippen LogP contribution < -0.4 is 5.56 Å². The largest absolute Gasteiger partial charge is 0.301 e. The fourth-order valence-electron chi connectivity index (χ4n) is 1.40. The molecule has 6 heteroatoms. The van der Waals surface area contributed by atoms with Gasteiger partial charge in [0.1, 0.15) is 17.4 Å². The molecule has 90 valence electrons. The number of H-pyrrole nitrogens is 1. The molecule has 0 saturated heterocycles. The Bertz CT molecular complexity index is 690. The van der Waals surface area contributed by atoms with Gasteiger partial charge in [0.05, 0.1) is 0 Å². The van der Waals surface area contributed by atoms with Gasteiger partial charge in [-0.25, -0.2) is 9.37 Å². The normalized spacial score (nSPS) is 10.1. The number of nitriles is 1. The molecule has 0 unspecified atom stereocenters. The lowest BCUT2D eigenvalue weighted by atomic mass is 10.2. The molecule has 0 atom stereocenters. The summed E-state index contributed by atoms with van der Waals surface area (Å²) >= 11 is 1.05. The van der Waals surface area contributed by atoms with Crippen molar-refractivity contribution >= 4 is 11.8 Å². The summed E-state index contributed by atoms with van der Waals surface area (Å²) in [5.41, 5.74) is 0.239. The van der Waals surface area contributed by atoms with Crippen molar-refractivity contribution in [3.63, 3.8) is 0 Å². The number of halogens is 1. The minimum absolute atomic E-state index is 0.0494. The fraction of sp³-hybridized carbons (Fsp3) is 0.0833. The summed E-state index contributed by atoms with van der Waals surface area (Å²) in [7, 11) is 0. The molecule has 0 aliphatic carbocycles. The zero-order valence-corrected chi connectivity index (χ0v) is 10.2. The SMILES string of the molecule is Cc1cc(=O)[nH]c(Sc2cccc(F)c2C#N)n1. The number of benzene rings is 1.